The lowest BCUT2D eigenvalue weighted by Gasteiger charge is -2.30. The second-order valence-corrected chi connectivity index (χ2v) is 6.78. The van der Waals surface area contributed by atoms with Crippen LogP contribution in [0.3, 0.4) is 0 Å². The van der Waals surface area contributed by atoms with Gasteiger partial charge >= 0.3 is 0 Å². The highest BCUT2D eigenvalue weighted by molar-refractivity contribution is 5.93. The van der Waals surface area contributed by atoms with Crippen molar-refractivity contribution in [2.24, 2.45) is 11.7 Å². The van der Waals surface area contributed by atoms with Crippen LogP contribution in [0.2, 0.25) is 0 Å². The number of hydrogen-bond acceptors (Lipinski definition) is 8. The number of piperidine rings is 1. The molecule has 5 N–H and O–H groups in total. The van der Waals surface area contributed by atoms with Gasteiger partial charge in [-0.15, -0.1) is 0 Å². The van der Waals surface area contributed by atoms with Gasteiger partial charge in [0, 0.05) is 51.4 Å². The normalized spacial score (nSPS) is 13.9. The van der Waals surface area contributed by atoms with Gasteiger partial charge in [0.1, 0.15) is 6.29 Å². The summed E-state index contributed by atoms with van der Waals surface area (Å²) in [5, 5.41) is 10.2. The van der Waals surface area contributed by atoms with E-state index >= 15 is 0 Å². The topological polar surface area (TPSA) is 151 Å². The van der Waals surface area contributed by atoms with E-state index in [0.29, 0.717) is 50.4 Å². The van der Waals surface area contributed by atoms with E-state index in [-0.39, 0.29) is 17.7 Å². The van der Waals surface area contributed by atoms with Crippen LogP contribution in [0.5, 0.6) is 0 Å². The molecule has 1 aromatic heterocycles. The second kappa shape index (κ2) is 14.4. The number of aldehydes is 1. The van der Waals surface area contributed by atoms with Gasteiger partial charge in [0.05, 0.1) is 5.56 Å². The maximum absolute atomic E-state index is 12.1. The fourth-order valence-corrected chi connectivity index (χ4v) is 2.98. The van der Waals surface area contributed by atoms with Gasteiger partial charge in [-0.2, -0.15) is 0 Å². The van der Waals surface area contributed by atoms with Gasteiger partial charge < -0.3 is 26.0 Å². The number of rotatable bonds is 10. The molecule has 2 heterocycles. The van der Waals surface area contributed by atoms with E-state index in [1.54, 1.807) is 5.48 Å². The van der Waals surface area contributed by atoms with E-state index in [1.165, 1.54) is 19.4 Å². The van der Waals surface area contributed by atoms with E-state index in [4.69, 9.17) is 10.9 Å². The standard InChI is InChI=1S/C18H27N5O3.CH5NO/c19-16(25)14-6-9-23(10-7-14)18-21-12-15(13-22-18)17(26)20-8-4-2-1-3-5-11-24;1-2-3/h11-14H,1-10H2,(H2,19,25)(H,20,26);2-3H,1H3. The minimum absolute atomic E-state index is 0.0743. The number of aromatic nitrogens is 2. The summed E-state index contributed by atoms with van der Waals surface area (Å²) in [7, 11) is 1.43. The molecule has 1 aliphatic rings. The number of unbranched alkanes of at least 4 members (excludes halogenated alkanes) is 4. The van der Waals surface area contributed by atoms with Crippen LogP contribution in [0.1, 0.15) is 55.3 Å². The molecule has 1 aromatic rings. The molecule has 29 heavy (non-hydrogen) atoms. The van der Waals surface area contributed by atoms with Crippen molar-refractivity contribution >= 4 is 24.0 Å². The van der Waals surface area contributed by atoms with E-state index in [9.17, 15) is 14.4 Å². The minimum atomic E-state index is -0.249. The molecule has 1 aliphatic heterocycles. The van der Waals surface area contributed by atoms with E-state index < -0.39 is 0 Å². The molecule has 0 radical (unpaired) electrons. The third-order valence-corrected chi connectivity index (χ3v) is 4.61. The molecule has 1 fully saturated rings. The summed E-state index contributed by atoms with van der Waals surface area (Å²) in [6, 6.07) is 0. The van der Waals surface area contributed by atoms with Gasteiger partial charge in [-0.25, -0.2) is 15.4 Å². The molecule has 1 saturated heterocycles. The molecule has 0 unspecified atom stereocenters. The Morgan fingerprint density at radius 2 is 1.79 bits per heavy atom. The largest absolute Gasteiger partial charge is 0.369 e. The van der Waals surface area contributed by atoms with E-state index in [0.717, 1.165) is 32.0 Å². The molecular formula is C19H32N6O4. The summed E-state index contributed by atoms with van der Waals surface area (Å²) in [4.78, 5) is 44.1. The second-order valence-electron chi connectivity index (χ2n) is 6.78. The molecule has 0 bridgehead atoms. The van der Waals surface area contributed by atoms with E-state index in [2.05, 4.69) is 15.3 Å². The zero-order chi connectivity index (χ0) is 21.5. The van der Waals surface area contributed by atoms with Gasteiger partial charge in [0.25, 0.3) is 5.91 Å². The van der Waals surface area contributed by atoms with Gasteiger partial charge in [-0.1, -0.05) is 12.8 Å². The molecule has 2 amide bonds. The third-order valence-electron chi connectivity index (χ3n) is 4.61. The highest BCUT2D eigenvalue weighted by atomic mass is 16.5. The quantitative estimate of drug-likeness (QED) is 0.250. The molecule has 162 valence electrons. The summed E-state index contributed by atoms with van der Waals surface area (Å²) in [5.41, 5.74) is 7.52. The summed E-state index contributed by atoms with van der Waals surface area (Å²) in [6.07, 6.45) is 9.79. The Bertz CT molecular complexity index is 618. The van der Waals surface area contributed by atoms with Crippen molar-refractivity contribution in [2.75, 3.05) is 31.6 Å². The van der Waals surface area contributed by atoms with Crippen LogP contribution in [0.15, 0.2) is 12.4 Å². The van der Waals surface area contributed by atoms with Crippen molar-refractivity contribution in [2.45, 2.75) is 44.9 Å². The van der Waals surface area contributed by atoms with Gasteiger partial charge in [0.15, 0.2) is 0 Å². The number of hydrogen-bond donors (Lipinski definition) is 4. The fourth-order valence-electron chi connectivity index (χ4n) is 2.98. The van der Waals surface area contributed by atoms with Gasteiger partial charge in [0.2, 0.25) is 11.9 Å². The van der Waals surface area contributed by atoms with Gasteiger partial charge in [-0.05, 0) is 25.7 Å². The lowest BCUT2D eigenvalue weighted by atomic mass is 9.96. The molecule has 2 rings (SSSR count). The van der Waals surface area contributed by atoms with Crippen LogP contribution in [-0.4, -0.2) is 60.0 Å². The number of nitrogens with two attached hydrogens (primary N) is 1. The molecular weight excluding hydrogens is 376 g/mol. The number of carbonyl (C=O) groups is 3. The van der Waals surface area contributed by atoms with Crippen molar-refractivity contribution in [3.8, 4) is 0 Å². The van der Waals surface area contributed by atoms with Crippen LogP contribution in [0.25, 0.3) is 0 Å². The van der Waals surface area contributed by atoms with Crippen LogP contribution in [0, 0.1) is 5.92 Å². The maximum atomic E-state index is 12.1. The number of amides is 2. The average molecular weight is 409 g/mol. The summed E-state index contributed by atoms with van der Waals surface area (Å²) in [5.74, 6) is 0.0626. The zero-order valence-corrected chi connectivity index (χ0v) is 17.0. The molecule has 10 heteroatoms. The Morgan fingerprint density at radius 3 is 2.34 bits per heavy atom. The highest BCUT2D eigenvalue weighted by Gasteiger charge is 2.24. The molecule has 0 aliphatic carbocycles. The number of nitrogens with zero attached hydrogens (tertiary/aromatic N) is 3. The average Bonchev–Trinajstić information content (AvgIpc) is 2.74. The number of nitrogens with one attached hydrogen (secondary N) is 2. The summed E-state index contributed by atoms with van der Waals surface area (Å²) in [6.45, 7) is 1.97. The van der Waals surface area contributed by atoms with Crippen molar-refractivity contribution in [3.63, 3.8) is 0 Å². The Hall–Kier alpha value is -2.59. The lowest BCUT2D eigenvalue weighted by Crippen LogP contribution is -2.39. The predicted molar refractivity (Wildman–Crippen MR) is 108 cm³/mol. The molecule has 0 atom stereocenters. The van der Waals surface area contributed by atoms with Crippen molar-refractivity contribution in [1.29, 1.82) is 0 Å². The number of anilines is 1. The summed E-state index contributed by atoms with van der Waals surface area (Å²) < 4.78 is 0. The molecule has 0 saturated carbocycles. The van der Waals surface area contributed by atoms with E-state index in [1.807, 2.05) is 4.90 Å². The van der Waals surface area contributed by atoms with Crippen LogP contribution >= 0.6 is 0 Å². The highest BCUT2D eigenvalue weighted by Crippen LogP contribution is 2.20. The number of primary amides is 1. The minimum Gasteiger partial charge on any atom is -0.369 e. The molecule has 0 aromatic carbocycles. The third kappa shape index (κ3) is 9.44. The molecule has 0 spiro atoms. The van der Waals surface area contributed by atoms with Crippen molar-refractivity contribution in [3.05, 3.63) is 18.0 Å². The number of hydroxylamine groups is 1. The zero-order valence-electron chi connectivity index (χ0n) is 17.0. The van der Waals surface area contributed by atoms with Crippen molar-refractivity contribution < 1.29 is 19.6 Å². The van der Waals surface area contributed by atoms with Crippen molar-refractivity contribution in [1.82, 2.24) is 20.8 Å². The Balaban J connectivity index is 0.00000132. The predicted octanol–water partition coefficient (Wildman–Crippen LogP) is 0.653. The van der Waals surface area contributed by atoms with Gasteiger partial charge in [-0.3, -0.25) is 9.59 Å². The first kappa shape index (κ1) is 24.4. The first-order chi connectivity index (χ1) is 14.0. The fraction of sp³-hybridized carbons (Fsp3) is 0.632. The Labute approximate surface area is 171 Å². The van der Waals surface area contributed by atoms with Crippen LogP contribution in [0.4, 0.5) is 5.95 Å². The first-order valence-electron chi connectivity index (χ1n) is 9.92. The first-order valence-corrected chi connectivity index (χ1v) is 9.92. The maximum Gasteiger partial charge on any atom is 0.254 e. The SMILES string of the molecule is CNO.NC(=O)C1CCN(c2ncc(C(=O)NCCCCCCC=O)cn2)CC1. The lowest BCUT2D eigenvalue weighted by molar-refractivity contribution is -0.122. The van der Waals surface area contributed by atoms with Crippen LogP contribution < -0.4 is 21.4 Å². The monoisotopic (exact) mass is 408 g/mol. The molecule has 10 nitrogen and oxygen atoms in total. The van der Waals surface area contributed by atoms with Crippen LogP contribution in [-0.2, 0) is 9.59 Å². The smallest absolute Gasteiger partial charge is 0.254 e. The Morgan fingerprint density at radius 1 is 1.21 bits per heavy atom. The Kier molecular flexibility index (Phi) is 12.2. The number of carbonyl (C=O) groups excluding carboxylic acids is 3. The summed E-state index contributed by atoms with van der Waals surface area (Å²) >= 11 is 0.